The highest BCUT2D eigenvalue weighted by atomic mass is 35.5. The molecule has 2 aliphatic heterocycles. The molecule has 27 heavy (non-hydrogen) atoms. The molecule has 138 valence electrons. The Kier molecular flexibility index (Phi) is 4.45. The highest BCUT2D eigenvalue weighted by molar-refractivity contribution is 6.31. The molecule has 0 bridgehead atoms. The van der Waals surface area contributed by atoms with E-state index < -0.39 is 5.92 Å². The van der Waals surface area contributed by atoms with Crippen molar-refractivity contribution in [3.63, 3.8) is 0 Å². The first-order chi connectivity index (χ1) is 13.0. The van der Waals surface area contributed by atoms with Crippen molar-refractivity contribution < 1.29 is 19.1 Å². The first kappa shape index (κ1) is 17.4. The minimum absolute atomic E-state index is 0.0256. The van der Waals surface area contributed by atoms with Gasteiger partial charge in [-0.05, 0) is 36.4 Å². The van der Waals surface area contributed by atoms with Crippen LogP contribution in [0.4, 0.5) is 17.1 Å². The summed E-state index contributed by atoms with van der Waals surface area (Å²) < 4.78 is 5.30. The molecule has 0 radical (unpaired) electrons. The number of hydrogen-bond donors (Lipinski definition) is 2. The zero-order valence-corrected chi connectivity index (χ0v) is 15.0. The summed E-state index contributed by atoms with van der Waals surface area (Å²) in [6.45, 7) is 0.262. The fraction of sp³-hybridized carbons (Fsp3) is 0.211. The van der Waals surface area contributed by atoms with Crippen molar-refractivity contribution in [3.8, 4) is 5.75 Å². The third kappa shape index (κ3) is 3.59. The molecular weight excluding hydrogens is 370 g/mol. The minimum Gasteiger partial charge on any atom is -0.482 e. The van der Waals surface area contributed by atoms with Crippen LogP contribution in [0.25, 0.3) is 0 Å². The van der Waals surface area contributed by atoms with Crippen LogP contribution in [0.15, 0.2) is 42.5 Å². The molecule has 7 nitrogen and oxygen atoms in total. The highest BCUT2D eigenvalue weighted by Gasteiger charge is 2.35. The van der Waals surface area contributed by atoms with Crippen molar-refractivity contribution in [2.75, 3.05) is 28.7 Å². The van der Waals surface area contributed by atoms with Crippen LogP contribution in [-0.2, 0) is 14.4 Å². The average molecular weight is 386 g/mol. The zero-order chi connectivity index (χ0) is 19.0. The van der Waals surface area contributed by atoms with E-state index >= 15 is 0 Å². The van der Waals surface area contributed by atoms with Gasteiger partial charge < -0.3 is 20.3 Å². The van der Waals surface area contributed by atoms with Gasteiger partial charge in [-0.1, -0.05) is 17.7 Å². The van der Waals surface area contributed by atoms with Crippen LogP contribution in [0.5, 0.6) is 5.75 Å². The van der Waals surface area contributed by atoms with Gasteiger partial charge in [0.05, 0.1) is 11.6 Å². The molecule has 0 aliphatic carbocycles. The molecule has 2 aromatic carbocycles. The van der Waals surface area contributed by atoms with Gasteiger partial charge in [0.2, 0.25) is 11.8 Å². The van der Waals surface area contributed by atoms with Gasteiger partial charge in [0.25, 0.3) is 5.91 Å². The van der Waals surface area contributed by atoms with Gasteiger partial charge in [0, 0.05) is 29.4 Å². The van der Waals surface area contributed by atoms with Crippen LogP contribution >= 0.6 is 11.6 Å². The molecule has 8 heteroatoms. The van der Waals surface area contributed by atoms with Gasteiger partial charge in [-0.15, -0.1) is 0 Å². The van der Waals surface area contributed by atoms with Gasteiger partial charge in [-0.25, -0.2) is 0 Å². The molecule has 1 atom stereocenters. The quantitative estimate of drug-likeness (QED) is 0.850. The van der Waals surface area contributed by atoms with Crippen LogP contribution in [0.1, 0.15) is 6.42 Å². The summed E-state index contributed by atoms with van der Waals surface area (Å²) in [5.74, 6) is -0.543. The molecule has 1 fully saturated rings. The molecule has 2 aromatic rings. The normalized spacial score (nSPS) is 18.6. The fourth-order valence-electron chi connectivity index (χ4n) is 3.18. The van der Waals surface area contributed by atoms with Crippen LogP contribution in [0.2, 0.25) is 5.02 Å². The zero-order valence-electron chi connectivity index (χ0n) is 14.2. The monoisotopic (exact) mass is 385 g/mol. The molecule has 0 spiro atoms. The lowest BCUT2D eigenvalue weighted by molar-refractivity contribution is -0.122. The van der Waals surface area contributed by atoms with E-state index in [9.17, 15) is 14.4 Å². The first-order valence-electron chi connectivity index (χ1n) is 8.43. The van der Waals surface area contributed by atoms with E-state index in [1.54, 1.807) is 47.4 Å². The van der Waals surface area contributed by atoms with Crippen molar-refractivity contribution in [2.24, 2.45) is 5.92 Å². The maximum absolute atomic E-state index is 12.6. The molecule has 0 saturated carbocycles. The summed E-state index contributed by atoms with van der Waals surface area (Å²) in [4.78, 5) is 37.9. The van der Waals surface area contributed by atoms with Crippen LogP contribution in [0, 0.1) is 5.92 Å². The predicted molar refractivity (Wildman–Crippen MR) is 101 cm³/mol. The number of ether oxygens (including phenoxy) is 1. The molecule has 1 saturated heterocycles. The van der Waals surface area contributed by atoms with E-state index in [1.165, 1.54) is 0 Å². The van der Waals surface area contributed by atoms with Gasteiger partial charge in [-0.3, -0.25) is 14.4 Å². The standard InChI is InChI=1S/C19H16ClN3O4/c20-12-2-1-3-14(7-12)23-9-11(6-18(23)25)19(26)21-13-4-5-16-15(8-13)22-17(24)10-27-16/h1-5,7-8,11H,6,9-10H2,(H,21,26)(H,22,24)/t11-/m0/s1. The average Bonchev–Trinajstić information content (AvgIpc) is 3.03. The Labute approximate surface area is 160 Å². The van der Waals surface area contributed by atoms with Crippen molar-refractivity contribution in [1.29, 1.82) is 0 Å². The topological polar surface area (TPSA) is 87.7 Å². The molecular formula is C19H16ClN3O4. The Balaban J connectivity index is 1.45. The van der Waals surface area contributed by atoms with Crippen LogP contribution in [0.3, 0.4) is 0 Å². The Hall–Kier alpha value is -3.06. The van der Waals surface area contributed by atoms with Crippen LogP contribution in [-0.4, -0.2) is 30.9 Å². The second-order valence-electron chi connectivity index (χ2n) is 6.42. The van der Waals surface area contributed by atoms with Crippen molar-refractivity contribution >= 4 is 46.4 Å². The maximum atomic E-state index is 12.6. The van der Waals surface area contributed by atoms with Gasteiger partial charge in [-0.2, -0.15) is 0 Å². The Morgan fingerprint density at radius 2 is 2.07 bits per heavy atom. The van der Waals surface area contributed by atoms with E-state index in [-0.39, 0.29) is 37.3 Å². The highest BCUT2D eigenvalue weighted by Crippen LogP contribution is 2.32. The van der Waals surface area contributed by atoms with Crippen molar-refractivity contribution in [3.05, 3.63) is 47.5 Å². The molecule has 2 aliphatic rings. The van der Waals surface area contributed by atoms with E-state index in [0.717, 1.165) is 0 Å². The minimum atomic E-state index is -0.474. The number of anilines is 3. The largest absolute Gasteiger partial charge is 0.482 e. The Morgan fingerprint density at radius 1 is 1.22 bits per heavy atom. The Morgan fingerprint density at radius 3 is 2.89 bits per heavy atom. The number of rotatable bonds is 3. The summed E-state index contributed by atoms with van der Waals surface area (Å²) in [5, 5.41) is 6.03. The molecule has 2 heterocycles. The van der Waals surface area contributed by atoms with Gasteiger partial charge in [0.15, 0.2) is 6.61 Å². The number of fused-ring (bicyclic) bond motifs is 1. The lowest BCUT2D eigenvalue weighted by Crippen LogP contribution is -2.28. The smallest absolute Gasteiger partial charge is 0.262 e. The molecule has 2 N–H and O–H groups in total. The summed E-state index contributed by atoms with van der Waals surface area (Å²) in [6.07, 6.45) is 0.128. The Bertz CT molecular complexity index is 946. The molecule has 3 amide bonds. The van der Waals surface area contributed by atoms with E-state index in [0.29, 0.717) is 27.8 Å². The number of benzene rings is 2. The van der Waals surface area contributed by atoms with E-state index in [4.69, 9.17) is 16.3 Å². The number of halogens is 1. The number of carbonyl (C=O) groups excluding carboxylic acids is 3. The van der Waals surface area contributed by atoms with Gasteiger partial charge >= 0.3 is 0 Å². The summed E-state index contributed by atoms with van der Waals surface area (Å²) in [7, 11) is 0. The van der Waals surface area contributed by atoms with E-state index in [1.807, 2.05) is 0 Å². The van der Waals surface area contributed by atoms with Crippen molar-refractivity contribution in [2.45, 2.75) is 6.42 Å². The second-order valence-corrected chi connectivity index (χ2v) is 6.86. The molecule has 0 unspecified atom stereocenters. The lowest BCUT2D eigenvalue weighted by Gasteiger charge is -2.19. The molecule has 0 aromatic heterocycles. The van der Waals surface area contributed by atoms with Crippen molar-refractivity contribution in [1.82, 2.24) is 0 Å². The first-order valence-corrected chi connectivity index (χ1v) is 8.81. The number of nitrogens with one attached hydrogen (secondary N) is 2. The number of amides is 3. The SMILES string of the molecule is O=C1COc2ccc(NC(=O)[C@H]3CC(=O)N(c4cccc(Cl)c4)C3)cc2N1. The second kappa shape index (κ2) is 6.92. The predicted octanol–water partition coefficient (Wildman–Crippen LogP) is 2.66. The summed E-state index contributed by atoms with van der Waals surface area (Å²) >= 11 is 5.99. The fourth-order valence-corrected chi connectivity index (χ4v) is 3.37. The maximum Gasteiger partial charge on any atom is 0.262 e. The van der Waals surface area contributed by atoms with Gasteiger partial charge in [0.1, 0.15) is 5.75 Å². The summed E-state index contributed by atoms with van der Waals surface area (Å²) in [5.41, 5.74) is 1.71. The van der Waals surface area contributed by atoms with Crippen LogP contribution < -0.4 is 20.3 Å². The third-order valence-electron chi connectivity index (χ3n) is 4.50. The number of hydrogen-bond acceptors (Lipinski definition) is 4. The summed E-state index contributed by atoms with van der Waals surface area (Å²) in [6, 6.07) is 12.0. The third-order valence-corrected chi connectivity index (χ3v) is 4.73. The number of nitrogens with zero attached hydrogens (tertiary/aromatic N) is 1. The van der Waals surface area contributed by atoms with E-state index in [2.05, 4.69) is 10.6 Å². The lowest BCUT2D eigenvalue weighted by atomic mass is 10.1. The molecule has 4 rings (SSSR count). The number of carbonyl (C=O) groups is 3.